The Bertz CT molecular complexity index is 757. The van der Waals surface area contributed by atoms with Gasteiger partial charge in [0.1, 0.15) is 6.54 Å². The van der Waals surface area contributed by atoms with E-state index in [-0.39, 0.29) is 0 Å². The molecule has 0 aliphatic rings. The van der Waals surface area contributed by atoms with Crippen molar-refractivity contribution in [2.75, 3.05) is 27.8 Å². The molecule has 0 unspecified atom stereocenters. The average Bonchev–Trinajstić information content (AvgIpc) is 3.05. The summed E-state index contributed by atoms with van der Waals surface area (Å²) >= 11 is 0. The summed E-state index contributed by atoms with van der Waals surface area (Å²) in [7, 11) is 5.26. The van der Waals surface area contributed by atoms with Gasteiger partial charge in [0.25, 0.3) is 0 Å². The highest BCUT2D eigenvalue weighted by Gasteiger charge is 2.13. The topological polar surface area (TPSA) is 85.0 Å². The molecule has 1 aromatic carbocycles. The van der Waals surface area contributed by atoms with Crippen LogP contribution in [0.5, 0.6) is 11.5 Å². The van der Waals surface area contributed by atoms with E-state index in [9.17, 15) is 0 Å². The first-order chi connectivity index (χ1) is 12.5. The number of guanidine groups is 1. The molecule has 1 aromatic heterocycles. The summed E-state index contributed by atoms with van der Waals surface area (Å²) in [4.78, 5) is 10.8. The Hall–Kier alpha value is -2.77. The molecule has 0 aliphatic carbocycles. The van der Waals surface area contributed by atoms with Crippen LogP contribution in [0.2, 0.25) is 0 Å². The van der Waals surface area contributed by atoms with Gasteiger partial charge < -0.3 is 24.2 Å². The number of hydrogen-bond acceptors (Lipinski definition) is 6. The van der Waals surface area contributed by atoms with Crippen LogP contribution in [0, 0.1) is 13.8 Å². The quantitative estimate of drug-likeness (QED) is 0.598. The summed E-state index contributed by atoms with van der Waals surface area (Å²) in [6, 6.07) is 3.98. The van der Waals surface area contributed by atoms with E-state index in [0.717, 1.165) is 29.4 Å². The third-order valence-corrected chi connectivity index (χ3v) is 3.89. The largest absolute Gasteiger partial charge is 0.493 e. The molecule has 0 saturated carbocycles. The highest BCUT2D eigenvalue weighted by atomic mass is 16.5. The average molecular weight is 361 g/mol. The zero-order chi connectivity index (χ0) is 19.1. The number of aryl methyl sites for hydroxylation is 2. The fraction of sp³-hybridized carbons (Fsp3) is 0.500. The van der Waals surface area contributed by atoms with E-state index < -0.39 is 0 Å². The first kappa shape index (κ1) is 19.6. The molecular weight excluding hydrogens is 334 g/mol. The van der Waals surface area contributed by atoms with Crippen molar-refractivity contribution in [1.82, 2.24) is 20.4 Å². The van der Waals surface area contributed by atoms with E-state index in [1.807, 2.05) is 31.0 Å². The third-order valence-electron chi connectivity index (χ3n) is 3.89. The Morgan fingerprint density at radius 3 is 2.50 bits per heavy atom. The van der Waals surface area contributed by atoms with Gasteiger partial charge in [-0.2, -0.15) is 4.98 Å². The molecule has 1 N–H and O–H groups in total. The number of nitrogens with one attached hydrogen (secondary N) is 1. The van der Waals surface area contributed by atoms with E-state index in [1.165, 1.54) is 0 Å². The lowest BCUT2D eigenvalue weighted by molar-refractivity contribution is 0.353. The molecule has 0 aliphatic heterocycles. The summed E-state index contributed by atoms with van der Waals surface area (Å²) in [6.45, 7) is 7.63. The number of hydrogen-bond donors (Lipinski definition) is 1. The Morgan fingerprint density at radius 1 is 1.23 bits per heavy atom. The van der Waals surface area contributed by atoms with Crippen LogP contribution in [-0.4, -0.2) is 48.8 Å². The smallest absolute Gasteiger partial charge is 0.223 e. The van der Waals surface area contributed by atoms with Crippen LogP contribution in [0.3, 0.4) is 0 Å². The molecular formula is C18H27N5O3. The first-order valence-electron chi connectivity index (χ1n) is 8.48. The highest BCUT2D eigenvalue weighted by Crippen LogP contribution is 2.30. The van der Waals surface area contributed by atoms with Gasteiger partial charge in [0.15, 0.2) is 23.3 Å². The van der Waals surface area contributed by atoms with Gasteiger partial charge in [-0.15, -0.1) is 0 Å². The molecule has 0 atom stereocenters. The minimum Gasteiger partial charge on any atom is -0.493 e. The molecule has 0 radical (unpaired) electrons. The number of ether oxygens (including phenoxy) is 2. The van der Waals surface area contributed by atoms with E-state index >= 15 is 0 Å². The van der Waals surface area contributed by atoms with Crippen molar-refractivity contribution >= 4 is 5.96 Å². The molecule has 8 heteroatoms. The molecule has 1 heterocycles. The predicted octanol–water partition coefficient (Wildman–Crippen LogP) is 2.30. The van der Waals surface area contributed by atoms with Crippen molar-refractivity contribution in [1.29, 1.82) is 0 Å². The second kappa shape index (κ2) is 9.07. The maximum absolute atomic E-state index is 5.41. The van der Waals surface area contributed by atoms with E-state index in [0.29, 0.717) is 30.6 Å². The standard InChI is InChI=1S/C18H27N5O3/c1-7-19-18(20-10-17-21-13(3)26-22-17)23(4)11-14-9-16(25-6)15(24-5)8-12(14)2/h8-9H,7,10-11H2,1-6H3,(H,19,20). The molecule has 0 fully saturated rings. The van der Waals surface area contributed by atoms with Crippen LogP contribution in [-0.2, 0) is 13.1 Å². The van der Waals surface area contributed by atoms with Crippen molar-refractivity contribution in [3.8, 4) is 11.5 Å². The van der Waals surface area contributed by atoms with E-state index in [4.69, 9.17) is 14.0 Å². The second-order valence-electron chi connectivity index (χ2n) is 5.89. The van der Waals surface area contributed by atoms with Crippen molar-refractivity contribution in [3.63, 3.8) is 0 Å². The molecule has 2 rings (SSSR count). The van der Waals surface area contributed by atoms with Crippen LogP contribution in [0.1, 0.15) is 29.8 Å². The SMILES string of the molecule is CCNC(=NCc1noc(C)n1)N(C)Cc1cc(OC)c(OC)cc1C. The number of methoxy groups -OCH3 is 2. The maximum Gasteiger partial charge on any atom is 0.223 e. The van der Waals surface area contributed by atoms with E-state index in [1.54, 1.807) is 21.1 Å². The van der Waals surface area contributed by atoms with Crippen LogP contribution in [0.15, 0.2) is 21.6 Å². The lowest BCUT2D eigenvalue weighted by Gasteiger charge is -2.23. The molecule has 142 valence electrons. The number of aromatic nitrogens is 2. The number of rotatable bonds is 7. The molecule has 0 spiro atoms. The number of benzene rings is 1. The monoisotopic (exact) mass is 361 g/mol. The zero-order valence-electron chi connectivity index (χ0n) is 16.3. The maximum atomic E-state index is 5.41. The fourth-order valence-electron chi connectivity index (χ4n) is 2.54. The molecule has 0 bridgehead atoms. The molecule has 8 nitrogen and oxygen atoms in total. The Balaban J connectivity index is 2.17. The van der Waals surface area contributed by atoms with Crippen molar-refractivity contribution < 1.29 is 14.0 Å². The Kier molecular flexibility index (Phi) is 6.82. The van der Waals surface area contributed by atoms with Gasteiger partial charge in [-0.05, 0) is 37.1 Å². The third kappa shape index (κ3) is 4.87. The van der Waals surface area contributed by atoms with Crippen molar-refractivity contribution in [2.45, 2.75) is 33.9 Å². The van der Waals surface area contributed by atoms with Crippen molar-refractivity contribution in [2.24, 2.45) is 4.99 Å². The molecule has 2 aromatic rings. The summed E-state index contributed by atoms with van der Waals surface area (Å²) in [6.07, 6.45) is 0. The van der Waals surface area contributed by atoms with E-state index in [2.05, 4.69) is 27.4 Å². The Morgan fingerprint density at radius 2 is 1.92 bits per heavy atom. The highest BCUT2D eigenvalue weighted by molar-refractivity contribution is 5.79. The van der Waals surface area contributed by atoms with Gasteiger partial charge in [-0.3, -0.25) is 0 Å². The normalized spacial score (nSPS) is 11.4. The lowest BCUT2D eigenvalue weighted by atomic mass is 10.1. The second-order valence-corrected chi connectivity index (χ2v) is 5.89. The minimum absolute atomic E-state index is 0.356. The van der Waals surface area contributed by atoms with Gasteiger partial charge in [-0.25, -0.2) is 4.99 Å². The fourth-order valence-corrected chi connectivity index (χ4v) is 2.54. The molecule has 0 saturated heterocycles. The van der Waals surface area contributed by atoms with Gasteiger partial charge in [-0.1, -0.05) is 5.16 Å². The van der Waals surface area contributed by atoms with Crippen LogP contribution < -0.4 is 14.8 Å². The summed E-state index contributed by atoms with van der Waals surface area (Å²) in [5.74, 6) is 3.31. The van der Waals surface area contributed by atoms with Crippen LogP contribution in [0.25, 0.3) is 0 Å². The van der Waals surface area contributed by atoms with Gasteiger partial charge in [0.05, 0.1) is 14.2 Å². The lowest BCUT2D eigenvalue weighted by Crippen LogP contribution is -2.38. The first-order valence-corrected chi connectivity index (χ1v) is 8.48. The number of aliphatic imine (C=N–C) groups is 1. The van der Waals surface area contributed by atoms with Gasteiger partial charge in [0.2, 0.25) is 5.89 Å². The summed E-state index contributed by atoms with van der Waals surface area (Å²) in [5, 5.41) is 7.16. The zero-order valence-corrected chi connectivity index (χ0v) is 16.3. The Labute approximate surface area is 154 Å². The van der Waals surface area contributed by atoms with Gasteiger partial charge in [0, 0.05) is 27.1 Å². The predicted molar refractivity (Wildman–Crippen MR) is 99.6 cm³/mol. The molecule has 0 amide bonds. The minimum atomic E-state index is 0.356. The van der Waals surface area contributed by atoms with Crippen molar-refractivity contribution in [3.05, 3.63) is 35.0 Å². The van der Waals surface area contributed by atoms with Gasteiger partial charge >= 0.3 is 0 Å². The summed E-state index contributed by atoms with van der Waals surface area (Å²) < 4.78 is 15.8. The van der Waals surface area contributed by atoms with Crippen LogP contribution >= 0.6 is 0 Å². The number of nitrogens with zero attached hydrogens (tertiary/aromatic N) is 4. The molecule has 26 heavy (non-hydrogen) atoms. The van der Waals surface area contributed by atoms with Crippen LogP contribution in [0.4, 0.5) is 0 Å². The summed E-state index contributed by atoms with van der Waals surface area (Å²) in [5.41, 5.74) is 2.25.